The Morgan fingerprint density at radius 1 is 1.59 bits per heavy atom. The van der Waals surface area contributed by atoms with E-state index in [-0.39, 0.29) is 18.5 Å². The van der Waals surface area contributed by atoms with Crippen molar-refractivity contribution < 1.29 is 9.53 Å². The van der Waals surface area contributed by atoms with Gasteiger partial charge in [-0.05, 0) is 25.9 Å². The zero-order valence-corrected chi connectivity index (χ0v) is 10.2. The number of aryl methyl sites for hydroxylation is 1. The number of ether oxygens (including phenoxy) is 1. The molecule has 1 aromatic heterocycles. The summed E-state index contributed by atoms with van der Waals surface area (Å²) < 4.78 is 7.47. The minimum Gasteiger partial charge on any atom is -0.370 e. The molecule has 1 aromatic rings. The van der Waals surface area contributed by atoms with E-state index in [2.05, 4.69) is 10.3 Å². The second kappa shape index (κ2) is 5.93. The summed E-state index contributed by atoms with van der Waals surface area (Å²) in [6.45, 7) is 2.17. The fourth-order valence-electron chi connectivity index (χ4n) is 1.97. The van der Waals surface area contributed by atoms with Crippen LogP contribution in [0, 0.1) is 0 Å². The van der Waals surface area contributed by atoms with Crippen LogP contribution in [0.2, 0.25) is 0 Å². The molecule has 0 unspecified atom stereocenters. The SMILES string of the molecule is Cn1ccnc1CC(=O)COC1CCNCC1. The minimum atomic E-state index is 0.0952. The molecule has 2 heterocycles. The Labute approximate surface area is 101 Å². The van der Waals surface area contributed by atoms with Gasteiger partial charge >= 0.3 is 0 Å². The summed E-state index contributed by atoms with van der Waals surface area (Å²) in [7, 11) is 1.89. The first kappa shape index (κ1) is 12.3. The maximum atomic E-state index is 11.7. The Morgan fingerprint density at radius 3 is 3.00 bits per heavy atom. The quantitative estimate of drug-likeness (QED) is 0.800. The maximum Gasteiger partial charge on any atom is 0.165 e. The fourth-order valence-corrected chi connectivity index (χ4v) is 1.97. The molecule has 0 spiro atoms. The van der Waals surface area contributed by atoms with Gasteiger partial charge in [0.1, 0.15) is 12.4 Å². The average molecular weight is 237 g/mol. The van der Waals surface area contributed by atoms with Gasteiger partial charge in [-0.25, -0.2) is 4.98 Å². The summed E-state index contributed by atoms with van der Waals surface area (Å²) in [6.07, 6.45) is 6.13. The first-order valence-electron chi connectivity index (χ1n) is 6.06. The molecule has 1 N–H and O–H groups in total. The van der Waals surface area contributed by atoms with Gasteiger partial charge in [-0.2, -0.15) is 0 Å². The highest BCUT2D eigenvalue weighted by Gasteiger charge is 2.15. The zero-order valence-electron chi connectivity index (χ0n) is 10.2. The molecular formula is C12H19N3O2. The first-order valence-corrected chi connectivity index (χ1v) is 6.06. The number of Topliss-reactive ketones (excluding diaryl/α,β-unsaturated/α-hetero) is 1. The summed E-state index contributed by atoms with van der Waals surface area (Å²) in [4.78, 5) is 15.8. The van der Waals surface area contributed by atoms with Crippen LogP contribution in [-0.2, 0) is 23.0 Å². The molecule has 0 aromatic carbocycles. The third-order valence-electron chi connectivity index (χ3n) is 3.04. The van der Waals surface area contributed by atoms with Crippen molar-refractivity contribution in [2.75, 3.05) is 19.7 Å². The van der Waals surface area contributed by atoms with Crippen molar-refractivity contribution in [3.05, 3.63) is 18.2 Å². The number of piperidine rings is 1. The standard InChI is InChI=1S/C12H19N3O2/c1-15-7-6-14-12(15)8-10(16)9-17-11-2-4-13-5-3-11/h6-7,11,13H,2-5,8-9H2,1H3. The first-order chi connectivity index (χ1) is 8.25. The summed E-state index contributed by atoms with van der Waals surface area (Å²) in [5.41, 5.74) is 0. The topological polar surface area (TPSA) is 56.2 Å². The highest BCUT2D eigenvalue weighted by atomic mass is 16.5. The molecule has 5 heteroatoms. The number of ketones is 1. The van der Waals surface area contributed by atoms with Crippen LogP contribution in [-0.4, -0.2) is 41.1 Å². The third kappa shape index (κ3) is 3.64. The van der Waals surface area contributed by atoms with Crippen LogP contribution >= 0.6 is 0 Å². The van der Waals surface area contributed by atoms with E-state index < -0.39 is 0 Å². The Hall–Kier alpha value is -1.20. The van der Waals surface area contributed by atoms with Crippen LogP contribution in [0.3, 0.4) is 0 Å². The zero-order chi connectivity index (χ0) is 12.1. The van der Waals surface area contributed by atoms with Crippen LogP contribution in [0.4, 0.5) is 0 Å². The summed E-state index contributed by atoms with van der Waals surface area (Å²) in [5, 5.41) is 3.27. The van der Waals surface area contributed by atoms with Crippen LogP contribution in [0.15, 0.2) is 12.4 Å². The van der Waals surface area contributed by atoms with Crippen molar-refractivity contribution in [1.29, 1.82) is 0 Å². The lowest BCUT2D eigenvalue weighted by molar-refractivity contribution is -0.125. The monoisotopic (exact) mass is 237 g/mol. The fraction of sp³-hybridized carbons (Fsp3) is 0.667. The molecule has 1 aliphatic heterocycles. The van der Waals surface area contributed by atoms with Crippen LogP contribution < -0.4 is 5.32 Å². The Balaban J connectivity index is 1.72. The number of carbonyl (C=O) groups is 1. The van der Waals surface area contributed by atoms with Crippen molar-refractivity contribution in [2.24, 2.45) is 7.05 Å². The molecule has 0 radical (unpaired) electrons. The van der Waals surface area contributed by atoms with Gasteiger partial charge in [-0.15, -0.1) is 0 Å². The van der Waals surface area contributed by atoms with E-state index in [4.69, 9.17) is 4.74 Å². The lowest BCUT2D eigenvalue weighted by Crippen LogP contribution is -2.33. The van der Waals surface area contributed by atoms with Crippen molar-refractivity contribution in [3.8, 4) is 0 Å². The number of nitrogens with zero attached hydrogens (tertiary/aromatic N) is 2. The van der Waals surface area contributed by atoms with E-state index in [1.165, 1.54) is 0 Å². The van der Waals surface area contributed by atoms with Crippen molar-refractivity contribution in [2.45, 2.75) is 25.4 Å². The third-order valence-corrected chi connectivity index (χ3v) is 3.04. The average Bonchev–Trinajstić information content (AvgIpc) is 2.74. The van der Waals surface area contributed by atoms with Gasteiger partial charge in [0.25, 0.3) is 0 Å². The van der Waals surface area contributed by atoms with Gasteiger partial charge < -0.3 is 14.6 Å². The van der Waals surface area contributed by atoms with Gasteiger partial charge in [-0.3, -0.25) is 4.79 Å². The molecule has 0 amide bonds. The van der Waals surface area contributed by atoms with Crippen LogP contribution in [0.5, 0.6) is 0 Å². The van der Waals surface area contributed by atoms with Gasteiger partial charge in [-0.1, -0.05) is 0 Å². The molecule has 94 valence electrons. The molecule has 0 bridgehead atoms. The molecule has 1 saturated heterocycles. The van der Waals surface area contributed by atoms with Crippen molar-refractivity contribution in [1.82, 2.24) is 14.9 Å². The van der Waals surface area contributed by atoms with E-state index in [0.717, 1.165) is 31.8 Å². The molecular weight excluding hydrogens is 218 g/mol. The molecule has 17 heavy (non-hydrogen) atoms. The molecule has 5 nitrogen and oxygen atoms in total. The van der Waals surface area contributed by atoms with Gasteiger partial charge in [0.05, 0.1) is 12.5 Å². The number of rotatable bonds is 5. The number of nitrogens with one attached hydrogen (secondary N) is 1. The highest BCUT2D eigenvalue weighted by molar-refractivity contribution is 5.81. The van der Waals surface area contributed by atoms with E-state index in [1.807, 2.05) is 17.8 Å². The Bertz CT molecular complexity index is 370. The second-order valence-corrected chi connectivity index (χ2v) is 4.43. The number of carbonyl (C=O) groups excluding carboxylic acids is 1. The van der Waals surface area contributed by atoms with E-state index in [1.54, 1.807) is 6.20 Å². The largest absolute Gasteiger partial charge is 0.370 e. The summed E-state index contributed by atoms with van der Waals surface area (Å²) >= 11 is 0. The second-order valence-electron chi connectivity index (χ2n) is 4.43. The summed E-state index contributed by atoms with van der Waals surface area (Å²) in [6, 6.07) is 0. The van der Waals surface area contributed by atoms with E-state index in [0.29, 0.717) is 6.42 Å². The molecule has 0 saturated carbocycles. The highest BCUT2D eigenvalue weighted by Crippen LogP contribution is 2.07. The number of hydrogen-bond donors (Lipinski definition) is 1. The molecule has 0 aliphatic carbocycles. The number of aromatic nitrogens is 2. The molecule has 2 rings (SSSR count). The van der Waals surface area contributed by atoms with Crippen LogP contribution in [0.25, 0.3) is 0 Å². The molecule has 1 aliphatic rings. The van der Waals surface area contributed by atoms with Crippen molar-refractivity contribution in [3.63, 3.8) is 0 Å². The lowest BCUT2D eigenvalue weighted by atomic mass is 10.1. The minimum absolute atomic E-state index is 0.0952. The Kier molecular flexibility index (Phi) is 4.28. The Morgan fingerprint density at radius 2 is 2.35 bits per heavy atom. The van der Waals surface area contributed by atoms with E-state index in [9.17, 15) is 4.79 Å². The predicted octanol–water partition coefficient (Wildman–Crippen LogP) is 0.300. The normalized spacial score (nSPS) is 17.2. The van der Waals surface area contributed by atoms with Gasteiger partial charge in [0.2, 0.25) is 0 Å². The van der Waals surface area contributed by atoms with E-state index >= 15 is 0 Å². The smallest absolute Gasteiger partial charge is 0.165 e. The summed E-state index contributed by atoms with van der Waals surface area (Å²) in [5.74, 6) is 0.891. The molecule has 1 fully saturated rings. The number of imidazole rings is 1. The maximum absolute atomic E-state index is 11.7. The van der Waals surface area contributed by atoms with Crippen molar-refractivity contribution >= 4 is 5.78 Å². The lowest BCUT2D eigenvalue weighted by Gasteiger charge is -2.22. The predicted molar refractivity (Wildman–Crippen MR) is 63.8 cm³/mol. The molecule has 0 atom stereocenters. The van der Waals surface area contributed by atoms with Gasteiger partial charge in [0.15, 0.2) is 5.78 Å². The number of hydrogen-bond acceptors (Lipinski definition) is 4. The van der Waals surface area contributed by atoms with Crippen LogP contribution in [0.1, 0.15) is 18.7 Å². The van der Waals surface area contributed by atoms with Gasteiger partial charge in [0, 0.05) is 19.4 Å².